The normalized spacial score (nSPS) is 12.2. The highest BCUT2D eigenvalue weighted by molar-refractivity contribution is 5.93. The number of carbonyl (C=O) groups is 1. The fourth-order valence-corrected chi connectivity index (χ4v) is 1.81. The van der Waals surface area contributed by atoms with E-state index in [9.17, 15) is 4.79 Å². The summed E-state index contributed by atoms with van der Waals surface area (Å²) in [4.78, 5) is 14.2. The molecule has 0 heterocycles. The Morgan fingerprint density at radius 1 is 1.33 bits per heavy atom. The second kappa shape index (κ2) is 7.88. The molecule has 1 amide bonds. The summed E-state index contributed by atoms with van der Waals surface area (Å²) in [7, 11) is 0. The molecular weight excluding hydrogens is 224 g/mol. The maximum Gasteiger partial charge on any atom is 0.227 e. The van der Waals surface area contributed by atoms with Crippen LogP contribution < -0.4 is 10.6 Å². The Hall–Kier alpha value is -1.35. The molecule has 0 aromatic heterocycles. The molecule has 1 aromatic rings. The van der Waals surface area contributed by atoms with E-state index in [2.05, 4.69) is 13.8 Å². The van der Waals surface area contributed by atoms with Crippen molar-refractivity contribution in [2.45, 2.75) is 33.1 Å². The average Bonchev–Trinajstić information content (AvgIpc) is 2.40. The van der Waals surface area contributed by atoms with E-state index in [4.69, 9.17) is 5.73 Å². The van der Waals surface area contributed by atoms with E-state index in [1.807, 2.05) is 35.2 Å². The van der Waals surface area contributed by atoms with Crippen LogP contribution in [-0.2, 0) is 4.79 Å². The van der Waals surface area contributed by atoms with Crippen LogP contribution in [0.25, 0.3) is 0 Å². The van der Waals surface area contributed by atoms with Gasteiger partial charge in [-0.3, -0.25) is 4.79 Å². The van der Waals surface area contributed by atoms with Gasteiger partial charge >= 0.3 is 0 Å². The molecule has 3 heteroatoms. The molecule has 1 rings (SSSR count). The highest BCUT2D eigenvalue weighted by Gasteiger charge is 2.16. The number of anilines is 1. The van der Waals surface area contributed by atoms with Crippen LogP contribution in [0.2, 0.25) is 0 Å². The van der Waals surface area contributed by atoms with Crippen LogP contribution in [0.1, 0.15) is 33.1 Å². The van der Waals surface area contributed by atoms with Crippen molar-refractivity contribution >= 4 is 11.6 Å². The average molecular weight is 248 g/mol. The fourth-order valence-electron chi connectivity index (χ4n) is 1.81. The van der Waals surface area contributed by atoms with Crippen LogP contribution in [0.15, 0.2) is 30.3 Å². The summed E-state index contributed by atoms with van der Waals surface area (Å²) < 4.78 is 0. The quantitative estimate of drug-likeness (QED) is 0.806. The van der Waals surface area contributed by atoms with Gasteiger partial charge in [0.2, 0.25) is 5.91 Å². The van der Waals surface area contributed by atoms with Gasteiger partial charge in [0.25, 0.3) is 0 Å². The van der Waals surface area contributed by atoms with E-state index in [1.54, 1.807) is 0 Å². The first-order valence-corrected chi connectivity index (χ1v) is 6.74. The lowest BCUT2D eigenvalue weighted by molar-refractivity contribution is -0.119. The van der Waals surface area contributed by atoms with Gasteiger partial charge < -0.3 is 10.6 Å². The summed E-state index contributed by atoms with van der Waals surface area (Å²) in [6.45, 7) is 5.55. The predicted molar refractivity (Wildman–Crippen MR) is 76.5 cm³/mol. The van der Waals surface area contributed by atoms with Gasteiger partial charge in [-0.15, -0.1) is 0 Å². The molecule has 1 atom stereocenters. The molecule has 2 N–H and O–H groups in total. The van der Waals surface area contributed by atoms with Crippen molar-refractivity contribution in [3.05, 3.63) is 30.3 Å². The lowest BCUT2D eigenvalue weighted by Crippen LogP contribution is -2.33. The van der Waals surface area contributed by atoms with Gasteiger partial charge in [-0.2, -0.15) is 0 Å². The SMILES string of the molecule is CCC(C)CC(=O)N(CCCN)c1ccccc1. The summed E-state index contributed by atoms with van der Waals surface area (Å²) in [5.41, 5.74) is 6.52. The summed E-state index contributed by atoms with van der Waals surface area (Å²) in [5.74, 6) is 0.630. The Morgan fingerprint density at radius 2 is 2.00 bits per heavy atom. The number of amides is 1. The van der Waals surface area contributed by atoms with Crippen LogP contribution in [0, 0.1) is 5.92 Å². The first-order valence-electron chi connectivity index (χ1n) is 6.74. The van der Waals surface area contributed by atoms with Crippen LogP contribution in [0.3, 0.4) is 0 Å². The van der Waals surface area contributed by atoms with Gasteiger partial charge in [0.05, 0.1) is 0 Å². The lowest BCUT2D eigenvalue weighted by Gasteiger charge is -2.24. The van der Waals surface area contributed by atoms with Crippen molar-refractivity contribution in [3.63, 3.8) is 0 Å². The largest absolute Gasteiger partial charge is 0.330 e. The molecule has 0 spiro atoms. The number of carbonyl (C=O) groups excluding carboxylic acids is 1. The van der Waals surface area contributed by atoms with Gasteiger partial charge in [0.1, 0.15) is 0 Å². The Bertz CT molecular complexity index is 351. The van der Waals surface area contributed by atoms with Gasteiger partial charge in [0, 0.05) is 18.7 Å². The van der Waals surface area contributed by atoms with Crippen LogP contribution in [0.5, 0.6) is 0 Å². The second-order valence-electron chi connectivity index (χ2n) is 4.74. The molecule has 0 radical (unpaired) electrons. The Labute approximate surface area is 110 Å². The van der Waals surface area contributed by atoms with E-state index >= 15 is 0 Å². The van der Waals surface area contributed by atoms with E-state index in [0.29, 0.717) is 25.4 Å². The fraction of sp³-hybridized carbons (Fsp3) is 0.533. The van der Waals surface area contributed by atoms with Crippen molar-refractivity contribution in [1.82, 2.24) is 0 Å². The number of benzene rings is 1. The molecule has 3 nitrogen and oxygen atoms in total. The third-order valence-electron chi connectivity index (χ3n) is 3.17. The summed E-state index contributed by atoms with van der Waals surface area (Å²) in [5, 5.41) is 0. The minimum Gasteiger partial charge on any atom is -0.330 e. The number of para-hydroxylation sites is 1. The number of hydrogen-bond acceptors (Lipinski definition) is 2. The van der Waals surface area contributed by atoms with Crippen molar-refractivity contribution in [2.75, 3.05) is 18.0 Å². The first kappa shape index (κ1) is 14.7. The maximum atomic E-state index is 12.3. The molecule has 0 aliphatic rings. The number of nitrogens with zero attached hydrogens (tertiary/aromatic N) is 1. The van der Waals surface area contributed by atoms with E-state index in [0.717, 1.165) is 18.5 Å². The van der Waals surface area contributed by atoms with E-state index < -0.39 is 0 Å². The molecule has 0 aliphatic carbocycles. The molecule has 1 unspecified atom stereocenters. The van der Waals surface area contributed by atoms with Crippen LogP contribution in [-0.4, -0.2) is 19.0 Å². The molecule has 100 valence electrons. The van der Waals surface area contributed by atoms with Gasteiger partial charge in [-0.05, 0) is 31.0 Å². The van der Waals surface area contributed by atoms with Gasteiger partial charge in [0.15, 0.2) is 0 Å². The predicted octanol–water partition coefficient (Wildman–Crippen LogP) is 2.80. The highest BCUT2D eigenvalue weighted by Crippen LogP contribution is 2.17. The number of rotatable bonds is 7. The molecule has 0 bridgehead atoms. The molecule has 0 saturated heterocycles. The zero-order valence-corrected chi connectivity index (χ0v) is 11.4. The zero-order valence-electron chi connectivity index (χ0n) is 11.4. The summed E-state index contributed by atoms with van der Waals surface area (Å²) in [6, 6.07) is 9.84. The third-order valence-corrected chi connectivity index (χ3v) is 3.17. The lowest BCUT2D eigenvalue weighted by atomic mass is 10.0. The summed E-state index contributed by atoms with van der Waals surface area (Å²) in [6.07, 6.45) is 2.47. The molecular formula is C15H24N2O. The van der Waals surface area contributed by atoms with E-state index in [-0.39, 0.29) is 5.91 Å². The molecule has 0 saturated carbocycles. The van der Waals surface area contributed by atoms with Crippen LogP contribution in [0.4, 0.5) is 5.69 Å². The van der Waals surface area contributed by atoms with Gasteiger partial charge in [-0.25, -0.2) is 0 Å². The third kappa shape index (κ3) is 4.49. The van der Waals surface area contributed by atoms with E-state index in [1.165, 1.54) is 0 Å². The minimum atomic E-state index is 0.198. The topological polar surface area (TPSA) is 46.3 Å². The van der Waals surface area contributed by atoms with Crippen molar-refractivity contribution in [1.29, 1.82) is 0 Å². The summed E-state index contributed by atoms with van der Waals surface area (Å²) >= 11 is 0. The second-order valence-corrected chi connectivity index (χ2v) is 4.74. The van der Waals surface area contributed by atoms with Gasteiger partial charge in [-0.1, -0.05) is 38.5 Å². The highest BCUT2D eigenvalue weighted by atomic mass is 16.2. The monoisotopic (exact) mass is 248 g/mol. The molecule has 18 heavy (non-hydrogen) atoms. The smallest absolute Gasteiger partial charge is 0.227 e. The van der Waals surface area contributed by atoms with Crippen LogP contribution >= 0.6 is 0 Å². The molecule has 0 fully saturated rings. The Balaban J connectivity index is 2.75. The van der Waals surface area contributed by atoms with Crippen molar-refractivity contribution in [2.24, 2.45) is 11.7 Å². The number of nitrogens with two attached hydrogens (primary N) is 1. The van der Waals surface area contributed by atoms with Crippen molar-refractivity contribution in [3.8, 4) is 0 Å². The maximum absolute atomic E-state index is 12.3. The molecule has 0 aliphatic heterocycles. The Morgan fingerprint density at radius 3 is 2.56 bits per heavy atom. The standard InChI is InChI=1S/C15H24N2O/c1-3-13(2)12-15(18)17(11-7-10-16)14-8-5-4-6-9-14/h4-6,8-9,13H,3,7,10-12,16H2,1-2H3. The molecule has 1 aromatic carbocycles. The number of hydrogen-bond donors (Lipinski definition) is 1. The first-order chi connectivity index (χ1) is 8.69. The Kier molecular flexibility index (Phi) is 6.44. The van der Waals surface area contributed by atoms with Crippen molar-refractivity contribution < 1.29 is 4.79 Å². The minimum absolute atomic E-state index is 0.198. The zero-order chi connectivity index (χ0) is 13.4.